The molecule has 0 bridgehead atoms. The number of aromatic nitrogens is 2. The van der Waals surface area contributed by atoms with Gasteiger partial charge in [0.05, 0.1) is 28.0 Å². The Morgan fingerprint density at radius 2 is 2.00 bits per heavy atom. The Balaban J connectivity index is 2.33. The summed E-state index contributed by atoms with van der Waals surface area (Å²) in [7, 11) is 0. The SMILES string of the molecule is Cc1ccc(NC(C)c2c(C)nc(C)[nH]c2=O)c(Cl)c1. The number of hydrogen-bond acceptors (Lipinski definition) is 3. The summed E-state index contributed by atoms with van der Waals surface area (Å²) in [5, 5.41) is 3.91. The van der Waals surface area contributed by atoms with Crippen molar-refractivity contribution in [2.45, 2.75) is 33.7 Å². The van der Waals surface area contributed by atoms with Gasteiger partial charge in [0, 0.05) is 0 Å². The van der Waals surface area contributed by atoms with E-state index in [2.05, 4.69) is 15.3 Å². The fourth-order valence-corrected chi connectivity index (χ4v) is 2.58. The predicted molar refractivity (Wildman–Crippen MR) is 82.6 cm³/mol. The molecule has 1 heterocycles. The van der Waals surface area contributed by atoms with Crippen LogP contribution in [0.25, 0.3) is 0 Å². The number of aryl methyl sites for hydroxylation is 3. The van der Waals surface area contributed by atoms with Gasteiger partial charge in [0.15, 0.2) is 0 Å². The van der Waals surface area contributed by atoms with Crippen LogP contribution in [0.4, 0.5) is 5.69 Å². The first-order valence-corrected chi connectivity index (χ1v) is 6.86. The van der Waals surface area contributed by atoms with Crippen molar-refractivity contribution in [3.05, 3.63) is 56.2 Å². The van der Waals surface area contributed by atoms with E-state index >= 15 is 0 Å². The highest BCUT2D eigenvalue weighted by atomic mass is 35.5. The zero-order valence-corrected chi connectivity index (χ0v) is 12.8. The van der Waals surface area contributed by atoms with Crippen molar-refractivity contribution in [3.8, 4) is 0 Å². The van der Waals surface area contributed by atoms with Gasteiger partial charge in [-0.3, -0.25) is 4.79 Å². The molecule has 0 fully saturated rings. The molecule has 2 N–H and O–H groups in total. The quantitative estimate of drug-likeness (QED) is 0.909. The van der Waals surface area contributed by atoms with Gasteiger partial charge >= 0.3 is 0 Å². The molecule has 0 saturated carbocycles. The Bertz CT molecular complexity index is 694. The molecule has 1 atom stereocenters. The standard InChI is InChI=1S/C15H18ClN3O/c1-8-5-6-13(12(16)7-8)18-10(3)14-9(2)17-11(4)19-15(14)20/h5-7,10,18H,1-4H3,(H,17,19,20). The van der Waals surface area contributed by atoms with Gasteiger partial charge in [0.2, 0.25) is 0 Å². The fourth-order valence-electron chi connectivity index (χ4n) is 2.29. The van der Waals surface area contributed by atoms with Crippen molar-refractivity contribution >= 4 is 17.3 Å². The summed E-state index contributed by atoms with van der Waals surface area (Å²) in [6, 6.07) is 5.61. The largest absolute Gasteiger partial charge is 0.377 e. The number of rotatable bonds is 3. The minimum atomic E-state index is -0.174. The Hall–Kier alpha value is -1.81. The molecular weight excluding hydrogens is 274 g/mol. The number of aromatic amines is 1. The highest BCUT2D eigenvalue weighted by Gasteiger charge is 2.15. The maximum Gasteiger partial charge on any atom is 0.256 e. The molecule has 0 spiro atoms. The van der Waals surface area contributed by atoms with Gasteiger partial charge in [0.25, 0.3) is 5.56 Å². The lowest BCUT2D eigenvalue weighted by Crippen LogP contribution is -2.23. The number of anilines is 1. The van der Waals surface area contributed by atoms with Crippen molar-refractivity contribution in [3.63, 3.8) is 0 Å². The van der Waals surface area contributed by atoms with E-state index in [1.807, 2.05) is 39.0 Å². The molecule has 0 aliphatic carbocycles. The van der Waals surface area contributed by atoms with Gasteiger partial charge < -0.3 is 10.3 Å². The van der Waals surface area contributed by atoms with Gasteiger partial charge in [-0.2, -0.15) is 0 Å². The molecule has 1 aromatic carbocycles. The first kappa shape index (κ1) is 14.6. The van der Waals surface area contributed by atoms with Crippen LogP contribution in [0.2, 0.25) is 5.02 Å². The van der Waals surface area contributed by atoms with E-state index in [-0.39, 0.29) is 11.6 Å². The van der Waals surface area contributed by atoms with E-state index in [4.69, 9.17) is 11.6 Å². The van der Waals surface area contributed by atoms with Crippen LogP contribution in [0, 0.1) is 20.8 Å². The Morgan fingerprint density at radius 3 is 2.60 bits per heavy atom. The number of nitrogens with zero attached hydrogens (tertiary/aromatic N) is 1. The fraction of sp³-hybridized carbons (Fsp3) is 0.333. The second kappa shape index (κ2) is 5.67. The second-order valence-electron chi connectivity index (χ2n) is 5.00. The Morgan fingerprint density at radius 1 is 1.30 bits per heavy atom. The van der Waals surface area contributed by atoms with Gasteiger partial charge in [-0.1, -0.05) is 17.7 Å². The van der Waals surface area contributed by atoms with E-state index in [0.717, 1.165) is 16.9 Å². The molecule has 0 aliphatic rings. The summed E-state index contributed by atoms with van der Waals surface area (Å²) in [6.07, 6.45) is 0. The van der Waals surface area contributed by atoms with Gasteiger partial charge in [0.1, 0.15) is 5.82 Å². The van der Waals surface area contributed by atoms with E-state index in [1.54, 1.807) is 6.92 Å². The highest BCUT2D eigenvalue weighted by molar-refractivity contribution is 6.33. The number of nitrogens with one attached hydrogen (secondary N) is 2. The minimum Gasteiger partial charge on any atom is -0.377 e. The van der Waals surface area contributed by atoms with E-state index in [9.17, 15) is 4.79 Å². The Labute approximate surface area is 123 Å². The second-order valence-corrected chi connectivity index (χ2v) is 5.41. The molecule has 2 aromatic rings. The minimum absolute atomic E-state index is 0.113. The number of halogens is 1. The summed E-state index contributed by atoms with van der Waals surface area (Å²) >= 11 is 6.20. The van der Waals surface area contributed by atoms with Crippen LogP contribution < -0.4 is 10.9 Å². The molecule has 0 aliphatic heterocycles. The molecular formula is C15H18ClN3O. The molecule has 0 amide bonds. The molecule has 20 heavy (non-hydrogen) atoms. The Kier molecular flexibility index (Phi) is 4.14. The van der Waals surface area contributed by atoms with E-state index < -0.39 is 0 Å². The molecule has 0 saturated heterocycles. The van der Waals surface area contributed by atoms with Crippen molar-refractivity contribution in [2.24, 2.45) is 0 Å². The zero-order chi connectivity index (χ0) is 14.9. The molecule has 1 unspecified atom stereocenters. The van der Waals surface area contributed by atoms with Crippen molar-refractivity contribution < 1.29 is 0 Å². The van der Waals surface area contributed by atoms with Crippen LogP contribution >= 0.6 is 11.6 Å². The van der Waals surface area contributed by atoms with Crippen LogP contribution in [0.3, 0.4) is 0 Å². The third kappa shape index (κ3) is 3.02. The first-order valence-electron chi connectivity index (χ1n) is 6.48. The molecule has 106 valence electrons. The summed E-state index contributed by atoms with van der Waals surface area (Å²) in [6.45, 7) is 7.52. The lowest BCUT2D eigenvalue weighted by Gasteiger charge is -2.17. The third-order valence-corrected chi connectivity index (χ3v) is 3.51. The smallest absolute Gasteiger partial charge is 0.256 e. The van der Waals surface area contributed by atoms with Crippen LogP contribution in [-0.2, 0) is 0 Å². The number of hydrogen-bond donors (Lipinski definition) is 2. The van der Waals surface area contributed by atoms with E-state index in [1.165, 1.54) is 0 Å². The first-order chi connectivity index (χ1) is 9.38. The number of H-pyrrole nitrogens is 1. The van der Waals surface area contributed by atoms with Crippen LogP contribution in [-0.4, -0.2) is 9.97 Å². The van der Waals surface area contributed by atoms with Crippen molar-refractivity contribution in [1.29, 1.82) is 0 Å². The molecule has 5 heteroatoms. The summed E-state index contributed by atoms with van der Waals surface area (Å²) in [4.78, 5) is 19.1. The predicted octanol–water partition coefficient (Wildman–Crippen LogP) is 3.52. The maximum absolute atomic E-state index is 12.1. The molecule has 0 radical (unpaired) electrons. The van der Waals surface area contributed by atoms with Crippen molar-refractivity contribution in [2.75, 3.05) is 5.32 Å². The van der Waals surface area contributed by atoms with Gasteiger partial charge in [-0.15, -0.1) is 0 Å². The monoisotopic (exact) mass is 291 g/mol. The van der Waals surface area contributed by atoms with Crippen LogP contribution in [0.5, 0.6) is 0 Å². The topological polar surface area (TPSA) is 57.8 Å². The third-order valence-electron chi connectivity index (χ3n) is 3.19. The van der Waals surface area contributed by atoms with Crippen LogP contribution in [0.1, 0.15) is 35.6 Å². The lowest BCUT2D eigenvalue weighted by atomic mass is 10.1. The highest BCUT2D eigenvalue weighted by Crippen LogP contribution is 2.26. The van der Waals surface area contributed by atoms with Gasteiger partial charge in [-0.25, -0.2) is 4.98 Å². The van der Waals surface area contributed by atoms with Crippen LogP contribution in [0.15, 0.2) is 23.0 Å². The summed E-state index contributed by atoms with van der Waals surface area (Å²) in [5.74, 6) is 0.622. The lowest BCUT2D eigenvalue weighted by molar-refractivity contribution is 0.814. The summed E-state index contributed by atoms with van der Waals surface area (Å²) < 4.78 is 0. The average Bonchev–Trinajstić information content (AvgIpc) is 2.31. The average molecular weight is 292 g/mol. The molecule has 4 nitrogen and oxygen atoms in total. The molecule has 2 rings (SSSR count). The van der Waals surface area contributed by atoms with E-state index in [0.29, 0.717) is 16.4 Å². The molecule has 1 aromatic heterocycles. The normalized spacial score (nSPS) is 12.2. The van der Waals surface area contributed by atoms with Gasteiger partial charge in [-0.05, 0) is 45.4 Å². The number of benzene rings is 1. The summed E-state index contributed by atoms with van der Waals surface area (Å²) in [5.41, 5.74) is 3.16. The van der Waals surface area contributed by atoms with Crippen molar-refractivity contribution in [1.82, 2.24) is 9.97 Å². The zero-order valence-electron chi connectivity index (χ0n) is 12.0. The maximum atomic E-state index is 12.1.